The van der Waals surface area contributed by atoms with Gasteiger partial charge in [0.25, 0.3) is 11.5 Å². The van der Waals surface area contributed by atoms with Gasteiger partial charge in [-0.2, -0.15) is 5.26 Å². The average Bonchev–Trinajstić information content (AvgIpc) is 3.12. The van der Waals surface area contributed by atoms with Crippen molar-refractivity contribution in [3.05, 3.63) is 31.9 Å². The van der Waals surface area contributed by atoms with Crippen molar-refractivity contribution in [3.8, 4) is 6.07 Å². The van der Waals surface area contributed by atoms with Crippen LogP contribution in [0.4, 0.5) is 5.82 Å². The Morgan fingerprint density at radius 3 is 2.49 bits per heavy atom. The van der Waals surface area contributed by atoms with Gasteiger partial charge in [-0.15, -0.1) is 0 Å². The van der Waals surface area contributed by atoms with Gasteiger partial charge in [0.15, 0.2) is 0 Å². The van der Waals surface area contributed by atoms with E-state index in [1.807, 2.05) is 13.8 Å². The Labute approximate surface area is 215 Å². The Morgan fingerprint density at radius 2 is 1.94 bits per heavy atom. The Bertz CT molecular complexity index is 1140. The first kappa shape index (κ1) is 27.0. The fraction of sp³-hybridized carbons (Fsp3) is 0.560. The van der Waals surface area contributed by atoms with Gasteiger partial charge in [-0.3, -0.25) is 23.9 Å². The number of thioether (sulfide) groups is 1. The van der Waals surface area contributed by atoms with Crippen LogP contribution in [0.15, 0.2) is 9.70 Å². The van der Waals surface area contributed by atoms with Gasteiger partial charge in [0.1, 0.15) is 21.8 Å². The molecule has 0 N–H and O–H groups in total. The molecule has 0 radical (unpaired) electrons. The molecule has 188 valence electrons. The number of hydrogen-bond donors (Lipinski definition) is 0. The highest BCUT2D eigenvalue weighted by Gasteiger charge is 2.33. The van der Waals surface area contributed by atoms with E-state index in [2.05, 4.69) is 11.0 Å². The van der Waals surface area contributed by atoms with Crippen LogP contribution in [0.3, 0.4) is 0 Å². The van der Waals surface area contributed by atoms with E-state index in [-0.39, 0.29) is 28.9 Å². The van der Waals surface area contributed by atoms with Crippen molar-refractivity contribution in [3.63, 3.8) is 0 Å². The second-order valence-corrected chi connectivity index (χ2v) is 10.3. The minimum atomic E-state index is -0.320. The number of likely N-dealkylation sites (N-methyl/N-ethyl adjacent to an activating group) is 1. The molecule has 0 unspecified atom stereocenters. The standard InChI is InChI=1S/C25H32N4O4S2/c1-5-8-11-29-21(27-12-9-17(10-13-27)24(32)33-7-3)18(16(4)19(15-26)22(29)30)14-20-23(31)28(6-2)25(34)35-20/h14,17H,5-13H2,1-4H3/b20-14+. The molecule has 1 aromatic heterocycles. The van der Waals surface area contributed by atoms with Crippen molar-refractivity contribution in [1.29, 1.82) is 5.26 Å². The lowest BCUT2D eigenvalue weighted by molar-refractivity contribution is -0.148. The van der Waals surface area contributed by atoms with Crippen molar-refractivity contribution in [1.82, 2.24) is 9.47 Å². The second kappa shape index (κ2) is 11.9. The van der Waals surface area contributed by atoms with E-state index in [1.54, 1.807) is 29.4 Å². The van der Waals surface area contributed by atoms with Crippen molar-refractivity contribution in [2.45, 2.75) is 59.9 Å². The Morgan fingerprint density at radius 1 is 1.26 bits per heavy atom. The summed E-state index contributed by atoms with van der Waals surface area (Å²) in [6.45, 7) is 9.90. The number of anilines is 1. The lowest BCUT2D eigenvalue weighted by Gasteiger charge is -2.35. The number of piperidine rings is 1. The van der Waals surface area contributed by atoms with E-state index < -0.39 is 0 Å². The zero-order valence-electron chi connectivity index (χ0n) is 20.8. The van der Waals surface area contributed by atoms with Crippen LogP contribution in [0, 0.1) is 24.2 Å². The molecular formula is C25H32N4O4S2. The third-order valence-corrected chi connectivity index (χ3v) is 7.84. The van der Waals surface area contributed by atoms with E-state index in [0.717, 1.165) is 12.8 Å². The quantitative estimate of drug-likeness (QED) is 0.292. The highest BCUT2D eigenvalue weighted by atomic mass is 32.2. The molecule has 0 spiro atoms. The number of amides is 1. The molecule has 0 aliphatic carbocycles. The summed E-state index contributed by atoms with van der Waals surface area (Å²) < 4.78 is 7.38. The van der Waals surface area contributed by atoms with Crippen molar-refractivity contribution in [2.75, 3.05) is 31.1 Å². The zero-order chi connectivity index (χ0) is 25.7. The molecule has 3 rings (SSSR count). The van der Waals surface area contributed by atoms with Crippen LogP contribution in [0.1, 0.15) is 63.1 Å². The van der Waals surface area contributed by atoms with Crippen LogP contribution in [0.2, 0.25) is 0 Å². The maximum atomic E-state index is 13.4. The SMILES string of the molecule is CCCCn1c(N2CCC(C(=O)OCC)CC2)c(/C=C2/SC(=S)N(CC)C2=O)c(C)c(C#N)c1=O. The lowest BCUT2D eigenvalue weighted by atomic mass is 9.95. The van der Waals surface area contributed by atoms with Crippen LogP contribution >= 0.6 is 24.0 Å². The number of carbonyl (C=O) groups excluding carboxylic acids is 2. The maximum absolute atomic E-state index is 13.4. The summed E-state index contributed by atoms with van der Waals surface area (Å²) in [7, 11) is 0. The zero-order valence-corrected chi connectivity index (χ0v) is 22.4. The van der Waals surface area contributed by atoms with E-state index in [4.69, 9.17) is 17.0 Å². The molecule has 2 fully saturated rings. The van der Waals surface area contributed by atoms with Crippen molar-refractivity contribution < 1.29 is 14.3 Å². The topological polar surface area (TPSA) is 95.6 Å². The molecule has 0 bridgehead atoms. The monoisotopic (exact) mass is 516 g/mol. The molecule has 2 aliphatic rings. The first-order valence-corrected chi connectivity index (χ1v) is 13.4. The Hall–Kier alpha value is -2.64. The highest BCUT2D eigenvalue weighted by molar-refractivity contribution is 8.26. The second-order valence-electron chi connectivity index (χ2n) is 8.60. The third kappa shape index (κ3) is 5.46. The van der Waals surface area contributed by atoms with Crippen molar-refractivity contribution >= 4 is 52.1 Å². The van der Waals surface area contributed by atoms with Gasteiger partial charge in [-0.05, 0) is 51.7 Å². The highest BCUT2D eigenvalue weighted by Crippen LogP contribution is 2.36. The lowest BCUT2D eigenvalue weighted by Crippen LogP contribution is -2.41. The normalized spacial score (nSPS) is 17.9. The number of esters is 1. The van der Waals surface area contributed by atoms with E-state index in [9.17, 15) is 19.6 Å². The maximum Gasteiger partial charge on any atom is 0.309 e. The third-order valence-electron chi connectivity index (χ3n) is 6.46. The molecule has 1 aromatic rings. The number of hydrogen-bond acceptors (Lipinski definition) is 8. The van der Waals surface area contributed by atoms with Gasteiger partial charge in [0.05, 0.1) is 17.4 Å². The molecule has 0 atom stereocenters. The minimum Gasteiger partial charge on any atom is -0.466 e. The van der Waals surface area contributed by atoms with Crippen LogP contribution in [0.5, 0.6) is 0 Å². The molecular weight excluding hydrogens is 484 g/mol. The average molecular weight is 517 g/mol. The molecule has 10 heteroatoms. The predicted molar refractivity (Wildman–Crippen MR) is 142 cm³/mol. The van der Waals surface area contributed by atoms with Crippen LogP contribution in [0.25, 0.3) is 6.08 Å². The largest absolute Gasteiger partial charge is 0.466 e. The summed E-state index contributed by atoms with van der Waals surface area (Å²) in [5.74, 6) is 0.170. The Kier molecular flexibility index (Phi) is 9.14. The minimum absolute atomic E-state index is 0.0866. The number of unbranched alkanes of at least 4 members (excludes halogenated alkanes) is 1. The molecule has 0 aromatic carbocycles. The molecule has 8 nitrogen and oxygen atoms in total. The summed E-state index contributed by atoms with van der Waals surface area (Å²) in [5.41, 5.74) is 1.00. The summed E-state index contributed by atoms with van der Waals surface area (Å²) >= 11 is 6.61. The molecule has 3 heterocycles. The number of aromatic nitrogens is 1. The van der Waals surface area contributed by atoms with Gasteiger partial charge in [0, 0.05) is 31.7 Å². The number of carbonyl (C=O) groups is 2. The van der Waals surface area contributed by atoms with E-state index >= 15 is 0 Å². The first-order chi connectivity index (χ1) is 16.8. The summed E-state index contributed by atoms with van der Waals surface area (Å²) in [6, 6.07) is 2.08. The van der Waals surface area contributed by atoms with Crippen LogP contribution in [-0.4, -0.2) is 51.9 Å². The van der Waals surface area contributed by atoms with Gasteiger partial charge >= 0.3 is 5.97 Å². The number of pyridine rings is 1. The number of rotatable bonds is 8. The smallest absolute Gasteiger partial charge is 0.309 e. The summed E-state index contributed by atoms with van der Waals surface area (Å²) in [6.07, 6.45) is 4.66. The molecule has 1 amide bonds. The number of nitrogens with zero attached hydrogens (tertiary/aromatic N) is 4. The Balaban J connectivity index is 2.14. The first-order valence-electron chi connectivity index (χ1n) is 12.1. The number of nitriles is 1. The van der Waals surface area contributed by atoms with Crippen molar-refractivity contribution in [2.24, 2.45) is 5.92 Å². The molecule has 2 saturated heterocycles. The van der Waals surface area contributed by atoms with Gasteiger partial charge in [0.2, 0.25) is 0 Å². The van der Waals surface area contributed by atoms with E-state index in [1.165, 1.54) is 11.8 Å². The van der Waals surface area contributed by atoms with Gasteiger partial charge < -0.3 is 9.64 Å². The summed E-state index contributed by atoms with van der Waals surface area (Å²) in [4.78, 5) is 42.7. The van der Waals surface area contributed by atoms with E-state index in [0.29, 0.717) is 71.8 Å². The number of thiocarbonyl (C=S) groups is 1. The van der Waals surface area contributed by atoms with Crippen LogP contribution < -0.4 is 10.5 Å². The van der Waals surface area contributed by atoms with Crippen LogP contribution in [-0.2, 0) is 20.9 Å². The molecule has 2 aliphatic heterocycles. The van der Waals surface area contributed by atoms with Gasteiger partial charge in [-0.25, -0.2) is 0 Å². The predicted octanol–water partition coefficient (Wildman–Crippen LogP) is 3.83. The van der Waals surface area contributed by atoms with Gasteiger partial charge in [-0.1, -0.05) is 37.3 Å². The fourth-order valence-corrected chi connectivity index (χ4v) is 5.87. The fourth-order valence-electron chi connectivity index (χ4n) is 4.50. The summed E-state index contributed by atoms with van der Waals surface area (Å²) in [5, 5.41) is 9.81. The molecule has 0 saturated carbocycles. The molecule has 35 heavy (non-hydrogen) atoms. The number of ether oxygens (including phenoxy) is 1.